The second-order valence-electron chi connectivity index (χ2n) is 4.46. The first-order valence-electron chi connectivity index (χ1n) is 5.33. The van der Waals surface area contributed by atoms with Gasteiger partial charge in [0.05, 0.1) is 0 Å². The molecule has 15 heavy (non-hydrogen) atoms. The fourth-order valence-electron chi connectivity index (χ4n) is 2.28. The highest BCUT2D eigenvalue weighted by Crippen LogP contribution is 2.49. The Bertz CT molecular complexity index is 384. The summed E-state index contributed by atoms with van der Waals surface area (Å²) in [7, 11) is 0. The molecule has 0 heteroatoms. The Balaban J connectivity index is 3.36. The minimum absolute atomic E-state index is 0.0574. The Hall–Kier alpha value is -1.30. The predicted octanol–water partition coefficient (Wildman–Crippen LogP) is 4.59. The zero-order chi connectivity index (χ0) is 11.6. The van der Waals surface area contributed by atoms with Crippen LogP contribution in [-0.4, -0.2) is 0 Å². The highest BCUT2D eigenvalue weighted by atomic mass is 14.4. The van der Waals surface area contributed by atoms with Gasteiger partial charge in [-0.15, -0.1) is 0 Å². The molecular weight excluding hydrogens is 180 g/mol. The van der Waals surface area contributed by atoms with E-state index in [2.05, 4.69) is 52.2 Å². The highest BCUT2D eigenvalue weighted by Gasteiger charge is 2.35. The molecule has 0 nitrogen and oxygen atoms in total. The first-order chi connectivity index (χ1) is 6.96. The van der Waals surface area contributed by atoms with Gasteiger partial charge in [0.1, 0.15) is 0 Å². The van der Waals surface area contributed by atoms with Crippen LogP contribution < -0.4 is 0 Å². The minimum Gasteiger partial charge on any atom is -0.0991 e. The normalized spacial score (nSPS) is 23.2. The third-order valence-corrected chi connectivity index (χ3v) is 3.15. The van der Waals surface area contributed by atoms with Crippen LogP contribution in [0.2, 0.25) is 0 Å². The quantitative estimate of drug-likeness (QED) is 0.611. The van der Waals surface area contributed by atoms with E-state index in [1.807, 2.05) is 13.0 Å². The summed E-state index contributed by atoms with van der Waals surface area (Å²) in [4.78, 5) is 0. The van der Waals surface area contributed by atoms with Gasteiger partial charge in [-0.25, -0.2) is 0 Å². The largest absolute Gasteiger partial charge is 0.0991 e. The van der Waals surface area contributed by atoms with Crippen molar-refractivity contribution in [1.29, 1.82) is 0 Å². The Kier molecular flexibility index (Phi) is 3.18. The van der Waals surface area contributed by atoms with Gasteiger partial charge in [-0.05, 0) is 36.1 Å². The molecule has 0 aromatic carbocycles. The Morgan fingerprint density at radius 2 is 1.87 bits per heavy atom. The van der Waals surface area contributed by atoms with Crippen molar-refractivity contribution < 1.29 is 0 Å². The van der Waals surface area contributed by atoms with Crippen molar-refractivity contribution in [3.8, 4) is 0 Å². The van der Waals surface area contributed by atoms with Gasteiger partial charge >= 0.3 is 0 Å². The third-order valence-electron chi connectivity index (χ3n) is 3.15. The standard InChI is InChI=1S/C15H20/c1-7-9-13-11(3)12(4)14(10-8-2)15(13,5)6/h7-10H,1,3H2,2,4-6H3/b10-8-,13-9+. The molecule has 0 saturated heterocycles. The van der Waals surface area contributed by atoms with E-state index in [0.717, 1.165) is 5.57 Å². The van der Waals surface area contributed by atoms with E-state index in [9.17, 15) is 0 Å². The monoisotopic (exact) mass is 200 g/mol. The first-order valence-corrected chi connectivity index (χ1v) is 5.33. The van der Waals surface area contributed by atoms with E-state index in [1.54, 1.807) is 0 Å². The molecule has 0 aliphatic heterocycles. The van der Waals surface area contributed by atoms with Gasteiger partial charge in [0.25, 0.3) is 0 Å². The average Bonchev–Trinajstić information content (AvgIpc) is 2.32. The SMILES string of the molecule is C=C/C=C1\C(=C)C(C)=C(/C=C\C)C1(C)C. The van der Waals surface area contributed by atoms with Crippen molar-refractivity contribution in [2.24, 2.45) is 5.41 Å². The highest BCUT2D eigenvalue weighted by molar-refractivity contribution is 5.63. The summed E-state index contributed by atoms with van der Waals surface area (Å²) < 4.78 is 0. The number of hydrogen-bond donors (Lipinski definition) is 0. The maximum atomic E-state index is 4.16. The lowest BCUT2D eigenvalue weighted by atomic mass is 9.80. The zero-order valence-electron chi connectivity index (χ0n) is 10.2. The van der Waals surface area contributed by atoms with Crippen LogP contribution in [0.4, 0.5) is 0 Å². The van der Waals surface area contributed by atoms with Crippen LogP contribution in [0, 0.1) is 5.41 Å². The predicted molar refractivity (Wildman–Crippen MR) is 68.7 cm³/mol. The molecule has 0 amide bonds. The van der Waals surface area contributed by atoms with Crippen molar-refractivity contribution in [3.63, 3.8) is 0 Å². The van der Waals surface area contributed by atoms with Gasteiger partial charge in [0, 0.05) is 5.41 Å². The second kappa shape index (κ2) is 4.06. The van der Waals surface area contributed by atoms with Crippen LogP contribution in [0.25, 0.3) is 0 Å². The smallest absolute Gasteiger partial charge is 0.0155 e. The minimum atomic E-state index is 0.0574. The van der Waals surface area contributed by atoms with E-state index in [1.165, 1.54) is 16.7 Å². The molecular formula is C15H20. The maximum Gasteiger partial charge on any atom is 0.0155 e. The third kappa shape index (κ3) is 1.77. The van der Waals surface area contributed by atoms with E-state index in [-0.39, 0.29) is 5.41 Å². The molecule has 80 valence electrons. The summed E-state index contributed by atoms with van der Waals surface area (Å²) in [6.45, 7) is 16.6. The molecule has 0 radical (unpaired) electrons. The molecule has 0 bridgehead atoms. The van der Waals surface area contributed by atoms with Crippen molar-refractivity contribution in [3.05, 3.63) is 59.8 Å². The van der Waals surface area contributed by atoms with Gasteiger partial charge in [0.15, 0.2) is 0 Å². The van der Waals surface area contributed by atoms with E-state index < -0.39 is 0 Å². The van der Waals surface area contributed by atoms with E-state index in [0.29, 0.717) is 0 Å². The van der Waals surface area contributed by atoms with Gasteiger partial charge in [-0.1, -0.05) is 51.3 Å². The molecule has 0 N–H and O–H groups in total. The summed E-state index contributed by atoms with van der Waals surface area (Å²) in [5.41, 5.74) is 5.15. The second-order valence-corrected chi connectivity index (χ2v) is 4.46. The summed E-state index contributed by atoms with van der Waals surface area (Å²) in [5.74, 6) is 0. The van der Waals surface area contributed by atoms with Gasteiger partial charge < -0.3 is 0 Å². The van der Waals surface area contributed by atoms with Crippen molar-refractivity contribution >= 4 is 0 Å². The molecule has 0 aromatic heterocycles. The molecule has 1 rings (SSSR count). The fraction of sp³-hybridized carbons (Fsp3) is 0.333. The van der Waals surface area contributed by atoms with Crippen molar-refractivity contribution in [2.75, 3.05) is 0 Å². The molecule has 1 aliphatic carbocycles. The molecule has 0 fully saturated rings. The van der Waals surface area contributed by atoms with E-state index >= 15 is 0 Å². The van der Waals surface area contributed by atoms with Crippen LogP contribution in [0.5, 0.6) is 0 Å². The maximum absolute atomic E-state index is 4.16. The van der Waals surface area contributed by atoms with E-state index in [4.69, 9.17) is 0 Å². The summed E-state index contributed by atoms with van der Waals surface area (Å²) >= 11 is 0. The summed E-state index contributed by atoms with van der Waals surface area (Å²) in [5, 5.41) is 0. The topological polar surface area (TPSA) is 0 Å². The lowest BCUT2D eigenvalue weighted by Crippen LogP contribution is -2.12. The van der Waals surface area contributed by atoms with Gasteiger partial charge in [0.2, 0.25) is 0 Å². The van der Waals surface area contributed by atoms with Crippen LogP contribution in [-0.2, 0) is 0 Å². The fourth-order valence-corrected chi connectivity index (χ4v) is 2.28. The summed E-state index contributed by atoms with van der Waals surface area (Å²) in [6.07, 6.45) is 8.19. The first kappa shape index (κ1) is 11.8. The Morgan fingerprint density at radius 3 is 2.33 bits per heavy atom. The van der Waals surface area contributed by atoms with Crippen LogP contribution >= 0.6 is 0 Å². The van der Waals surface area contributed by atoms with Crippen LogP contribution in [0.1, 0.15) is 27.7 Å². The van der Waals surface area contributed by atoms with Crippen molar-refractivity contribution in [2.45, 2.75) is 27.7 Å². The number of hydrogen-bond acceptors (Lipinski definition) is 0. The molecule has 0 aromatic rings. The lowest BCUT2D eigenvalue weighted by Gasteiger charge is -2.23. The Labute approximate surface area is 93.4 Å². The van der Waals surface area contributed by atoms with Crippen molar-refractivity contribution in [1.82, 2.24) is 0 Å². The van der Waals surface area contributed by atoms with Crippen LogP contribution in [0.15, 0.2) is 59.8 Å². The van der Waals surface area contributed by atoms with Gasteiger partial charge in [-0.2, -0.15) is 0 Å². The van der Waals surface area contributed by atoms with Crippen LogP contribution in [0.3, 0.4) is 0 Å². The van der Waals surface area contributed by atoms with Gasteiger partial charge in [-0.3, -0.25) is 0 Å². The molecule has 0 heterocycles. The molecule has 0 atom stereocenters. The summed E-state index contributed by atoms with van der Waals surface area (Å²) in [6, 6.07) is 0. The molecule has 1 aliphatic rings. The lowest BCUT2D eigenvalue weighted by molar-refractivity contribution is 0.578. The average molecular weight is 200 g/mol. The number of allylic oxidation sites excluding steroid dienone is 8. The Morgan fingerprint density at radius 1 is 1.27 bits per heavy atom. The molecule has 0 spiro atoms. The number of rotatable bonds is 2. The molecule has 0 saturated carbocycles. The zero-order valence-corrected chi connectivity index (χ0v) is 10.2. The molecule has 0 unspecified atom stereocenters.